The number of hydrogen-bond donors (Lipinski definition) is 1. The van der Waals surface area contributed by atoms with Gasteiger partial charge in [-0.3, -0.25) is 24.0 Å². The van der Waals surface area contributed by atoms with Crippen LogP contribution in [0.2, 0.25) is 5.02 Å². The number of hydrogen-bond acceptors (Lipinski definition) is 5. The minimum Gasteiger partial charge on any atom is -0.480 e. The molecule has 1 aromatic heterocycles. The molecule has 34 heavy (non-hydrogen) atoms. The minimum atomic E-state index is -4.65. The van der Waals surface area contributed by atoms with Gasteiger partial charge >= 0.3 is 12.1 Å². The number of carboxylic acid groups (broad SMARTS) is 1. The Kier molecular flexibility index (Phi) is 6.13. The van der Waals surface area contributed by atoms with Crippen molar-refractivity contribution < 1.29 is 37.1 Å². The first-order chi connectivity index (χ1) is 16.0. The van der Waals surface area contributed by atoms with Crippen molar-refractivity contribution in [3.8, 4) is 0 Å². The summed E-state index contributed by atoms with van der Waals surface area (Å²) in [7, 11) is 0. The SMILES string of the molecule is O=C(O)CN1C(=O)SC(=Cc2ccc3c(cnn3Cc3ccc(Cl)cc3C(F)(F)F)c2F)C1=O. The number of nitrogens with zero attached hydrogens (tertiary/aromatic N) is 3. The van der Waals surface area contributed by atoms with Crippen LogP contribution in [-0.2, 0) is 22.3 Å². The molecule has 1 saturated heterocycles. The quantitative estimate of drug-likeness (QED) is 0.380. The molecule has 0 atom stereocenters. The van der Waals surface area contributed by atoms with Gasteiger partial charge in [0.05, 0.1) is 34.1 Å². The predicted molar refractivity (Wildman–Crippen MR) is 116 cm³/mol. The van der Waals surface area contributed by atoms with Gasteiger partial charge in [-0.1, -0.05) is 17.7 Å². The molecule has 0 saturated carbocycles. The number of carboxylic acids is 1. The Balaban J connectivity index is 1.67. The summed E-state index contributed by atoms with van der Waals surface area (Å²) in [4.78, 5) is 35.4. The molecule has 0 radical (unpaired) electrons. The topological polar surface area (TPSA) is 92.5 Å². The lowest BCUT2D eigenvalue weighted by molar-refractivity contribution is -0.140. The normalized spacial score (nSPS) is 15.7. The fraction of sp³-hybridized carbons (Fsp3) is 0.143. The molecule has 0 aliphatic carbocycles. The van der Waals surface area contributed by atoms with E-state index in [1.165, 1.54) is 28.9 Å². The van der Waals surface area contributed by atoms with Crippen LogP contribution >= 0.6 is 23.4 Å². The molecule has 7 nitrogen and oxygen atoms in total. The number of carbonyl (C=O) groups excluding carboxylic acids is 2. The number of thioether (sulfide) groups is 1. The van der Waals surface area contributed by atoms with E-state index in [1.807, 2.05) is 0 Å². The molecule has 2 aromatic carbocycles. The van der Waals surface area contributed by atoms with Gasteiger partial charge in [0.25, 0.3) is 11.1 Å². The highest BCUT2D eigenvalue weighted by atomic mass is 35.5. The van der Waals surface area contributed by atoms with E-state index in [0.29, 0.717) is 16.7 Å². The molecule has 1 N–H and O–H groups in total. The minimum absolute atomic E-state index is 0.0129. The monoisotopic (exact) mass is 513 g/mol. The Morgan fingerprint density at radius 2 is 1.94 bits per heavy atom. The summed E-state index contributed by atoms with van der Waals surface area (Å²) in [6.07, 6.45) is -2.40. The van der Waals surface area contributed by atoms with Gasteiger partial charge in [0.2, 0.25) is 0 Å². The van der Waals surface area contributed by atoms with Crippen LogP contribution in [0.5, 0.6) is 0 Å². The third kappa shape index (κ3) is 4.50. The van der Waals surface area contributed by atoms with E-state index in [0.717, 1.165) is 18.3 Å². The van der Waals surface area contributed by atoms with Gasteiger partial charge in [-0.15, -0.1) is 0 Å². The average Bonchev–Trinajstić information content (AvgIpc) is 3.27. The number of imide groups is 1. The first kappa shape index (κ1) is 23.8. The third-order valence-corrected chi connectivity index (χ3v) is 6.08. The van der Waals surface area contributed by atoms with Crippen molar-refractivity contribution in [1.29, 1.82) is 0 Å². The maximum absolute atomic E-state index is 15.1. The second-order valence-corrected chi connectivity index (χ2v) is 8.59. The van der Waals surface area contributed by atoms with Crippen molar-refractivity contribution in [2.75, 3.05) is 6.54 Å². The molecule has 4 rings (SSSR count). The molecule has 2 heterocycles. The maximum Gasteiger partial charge on any atom is 0.416 e. The van der Waals surface area contributed by atoms with Crippen LogP contribution in [-0.4, -0.2) is 43.4 Å². The highest BCUT2D eigenvalue weighted by molar-refractivity contribution is 8.18. The van der Waals surface area contributed by atoms with E-state index >= 15 is 4.39 Å². The first-order valence-corrected chi connectivity index (χ1v) is 10.6. The number of carbonyl (C=O) groups is 3. The van der Waals surface area contributed by atoms with Gasteiger partial charge in [0.1, 0.15) is 12.4 Å². The summed E-state index contributed by atoms with van der Waals surface area (Å²) in [6.45, 7) is -1.12. The number of halogens is 5. The van der Waals surface area contributed by atoms with Crippen LogP contribution in [0.25, 0.3) is 17.0 Å². The zero-order valence-corrected chi connectivity index (χ0v) is 18.3. The van der Waals surface area contributed by atoms with Crippen molar-refractivity contribution in [3.63, 3.8) is 0 Å². The molecule has 0 bridgehead atoms. The van der Waals surface area contributed by atoms with E-state index in [2.05, 4.69) is 5.10 Å². The molecule has 0 unspecified atom stereocenters. The summed E-state index contributed by atoms with van der Waals surface area (Å²) in [5, 5.41) is 11.9. The zero-order valence-electron chi connectivity index (χ0n) is 16.8. The number of benzene rings is 2. The van der Waals surface area contributed by atoms with Crippen molar-refractivity contribution in [2.24, 2.45) is 0 Å². The molecule has 1 aliphatic rings. The summed E-state index contributed by atoms with van der Waals surface area (Å²) >= 11 is 6.18. The van der Waals surface area contributed by atoms with Crippen molar-refractivity contribution >= 4 is 57.5 Å². The van der Waals surface area contributed by atoms with Crippen LogP contribution in [0, 0.1) is 5.82 Å². The van der Waals surface area contributed by atoms with Crippen LogP contribution < -0.4 is 0 Å². The summed E-state index contributed by atoms with van der Waals surface area (Å²) in [5.74, 6) is -3.05. The second-order valence-electron chi connectivity index (χ2n) is 7.16. The lowest BCUT2D eigenvalue weighted by Crippen LogP contribution is -2.33. The van der Waals surface area contributed by atoms with Crippen molar-refractivity contribution in [2.45, 2.75) is 12.7 Å². The number of aliphatic carboxylic acids is 1. The van der Waals surface area contributed by atoms with Crippen molar-refractivity contribution in [1.82, 2.24) is 14.7 Å². The Hall–Kier alpha value is -3.38. The molecule has 0 spiro atoms. The number of aromatic nitrogens is 2. The third-order valence-electron chi connectivity index (χ3n) is 4.94. The average molecular weight is 514 g/mol. The van der Waals surface area contributed by atoms with Gasteiger partial charge in [-0.2, -0.15) is 18.3 Å². The Morgan fingerprint density at radius 1 is 1.21 bits per heavy atom. The fourth-order valence-corrected chi connectivity index (χ4v) is 4.40. The van der Waals surface area contributed by atoms with Crippen molar-refractivity contribution in [3.05, 3.63) is 69.0 Å². The largest absolute Gasteiger partial charge is 0.480 e. The number of fused-ring (bicyclic) bond motifs is 1. The van der Waals surface area contributed by atoms with Gasteiger partial charge < -0.3 is 5.11 Å². The van der Waals surface area contributed by atoms with Crippen LogP contribution in [0.15, 0.2) is 41.4 Å². The molecule has 2 amide bonds. The van der Waals surface area contributed by atoms with E-state index in [-0.39, 0.29) is 38.5 Å². The number of alkyl halides is 3. The molecule has 1 fully saturated rings. The van der Waals surface area contributed by atoms with E-state index in [4.69, 9.17) is 16.7 Å². The zero-order chi connectivity index (χ0) is 24.8. The Labute approximate surface area is 197 Å². The molecular weight excluding hydrogens is 502 g/mol. The van der Waals surface area contributed by atoms with Crippen LogP contribution in [0.1, 0.15) is 16.7 Å². The second kappa shape index (κ2) is 8.76. The van der Waals surface area contributed by atoms with Gasteiger partial charge in [-0.25, -0.2) is 4.39 Å². The lowest BCUT2D eigenvalue weighted by Gasteiger charge is -2.14. The Bertz CT molecular complexity index is 1390. The van der Waals surface area contributed by atoms with Gasteiger partial charge in [0.15, 0.2) is 0 Å². The number of rotatable bonds is 5. The van der Waals surface area contributed by atoms with Gasteiger partial charge in [0, 0.05) is 10.6 Å². The first-order valence-electron chi connectivity index (χ1n) is 9.42. The molecule has 1 aliphatic heterocycles. The number of amides is 2. The Morgan fingerprint density at radius 3 is 2.62 bits per heavy atom. The van der Waals surface area contributed by atoms with E-state index in [1.54, 1.807) is 0 Å². The van der Waals surface area contributed by atoms with Crippen LogP contribution in [0.4, 0.5) is 22.4 Å². The smallest absolute Gasteiger partial charge is 0.416 e. The van der Waals surface area contributed by atoms with E-state index < -0.39 is 41.2 Å². The van der Waals surface area contributed by atoms with Crippen LogP contribution in [0.3, 0.4) is 0 Å². The van der Waals surface area contributed by atoms with Gasteiger partial charge in [-0.05, 0) is 47.7 Å². The lowest BCUT2D eigenvalue weighted by atomic mass is 10.1. The molecule has 13 heteroatoms. The molecule has 3 aromatic rings. The summed E-state index contributed by atoms with van der Waals surface area (Å²) in [5.41, 5.74) is -0.914. The highest BCUT2D eigenvalue weighted by Gasteiger charge is 2.36. The summed E-state index contributed by atoms with van der Waals surface area (Å²) < 4.78 is 56.5. The fourth-order valence-electron chi connectivity index (χ4n) is 3.40. The highest BCUT2D eigenvalue weighted by Crippen LogP contribution is 2.35. The summed E-state index contributed by atoms with van der Waals surface area (Å²) in [6, 6.07) is 6.04. The predicted octanol–water partition coefficient (Wildman–Crippen LogP) is 5.02. The van der Waals surface area contributed by atoms with E-state index in [9.17, 15) is 27.6 Å². The standard InChI is InChI=1S/C21H12ClF4N3O4S/c22-12-3-1-11(14(6-12)21(24,25)26)8-29-15-4-2-10(18(23)13(15)7-27-29)5-16-19(32)28(9-17(30)31)20(33)34-16/h1-7H,8-9H2,(H,30,31). The molecule has 176 valence electrons. The molecular formula is C21H12ClF4N3O4S. The maximum atomic E-state index is 15.1.